The van der Waals surface area contributed by atoms with Crippen LogP contribution in [0.3, 0.4) is 0 Å². The molecule has 1 saturated carbocycles. The molecule has 0 unspecified atom stereocenters. The molecule has 0 bridgehead atoms. The first-order valence-corrected chi connectivity index (χ1v) is 7.65. The van der Waals surface area contributed by atoms with Crippen molar-refractivity contribution in [1.82, 2.24) is 5.32 Å². The van der Waals surface area contributed by atoms with Gasteiger partial charge in [0.05, 0.1) is 5.75 Å². The normalized spacial score (nSPS) is 19.8. The first-order chi connectivity index (χ1) is 8.08. The smallest absolute Gasteiger partial charge is 0.293 e. The van der Waals surface area contributed by atoms with Gasteiger partial charge >= 0.3 is 6.18 Å². The molecule has 7 heteroatoms. The van der Waals surface area contributed by atoms with Gasteiger partial charge < -0.3 is 0 Å². The summed E-state index contributed by atoms with van der Waals surface area (Å²) in [5.74, 6) is 4.44. The van der Waals surface area contributed by atoms with Crippen molar-refractivity contribution < 1.29 is 21.6 Å². The van der Waals surface area contributed by atoms with E-state index in [9.17, 15) is 21.6 Å². The Morgan fingerprint density at radius 3 is 2.33 bits per heavy atom. The minimum atomic E-state index is -4.49. The van der Waals surface area contributed by atoms with Crippen LogP contribution in [0.4, 0.5) is 13.2 Å². The first-order valence-electron chi connectivity index (χ1n) is 5.59. The molecule has 1 rings (SSSR count). The summed E-state index contributed by atoms with van der Waals surface area (Å²) in [5, 5.41) is 2.22. The molecule has 0 aromatic carbocycles. The van der Waals surface area contributed by atoms with Gasteiger partial charge in [0.15, 0.2) is 6.04 Å². The maximum atomic E-state index is 12.7. The molecule has 18 heavy (non-hydrogen) atoms. The number of rotatable bonds is 4. The lowest BCUT2D eigenvalue weighted by Gasteiger charge is -2.21. The van der Waals surface area contributed by atoms with E-state index < -0.39 is 28.1 Å². The van der Waals surface area contributed by atoms with Crippen molar-refractivity contribution in [2.45, 2.75) is 38.0 Å². The van der Waals surface area contributed by atoms with Gasteiger partial charge in [0.2, 0.25) is 0 Å². The minimum absolute atomic E-state index is 0.0712. The Labute approximate surface area is 105 Å². The lowest BCUT2D eigenvalue weighted by Crippen LogP contribution is -2.47. The molecule has 0 aliphatic heterocycles. The molecule has 0 spiro atoms. The van der Waals surface area contributed by atoms with E-state index >= 15 is 0 Å². The van der Waals surface area contributed by atoms with Crippen molar-refractivity contribution in [2.75, 3.05) is 12.0 Å². The van der Waals surface area contributed by atoms with Crippen LogP contribution in [0.2, 0.25) is 0 Å². The number of alkyl halides is 3. The van der Waals surface area contributed by atoms with E-state index in [1.165, 1.54) is 6.92 Å². The van der Waals surface area contributed by atoms with Crippen LogP contribution in [0.1, 0.15) is 19.8 Å². The number of hydrogen-bond donors (Lipinski definition) is 1. The number of halogens is 3. The number of nitrogens with one attached hydrogen (secondary N) is 1. The SMILES string of the molecule is C[C@H](CS(C)(=O)=O)N[C@@H](C#CC1CC1)C(F)(F)F. The van der Waals surface area contributed by atoms with Crippen molar-refractivity contribution in [3.05, 3.63) is 0 Å². The highest BCUT2D eigenvalue weighted by molar-refractivity contribution is 7.90. The second-order valence-corrected chi connectivity index (χ2v) is 6.88. The fourth-order valence-electron chi connectivity index (χ4n) is 1.43. The first kappa shape index (κ1) is 15.3. The molecule has 0 aromatic rings. The van der Waals surface area contributed by atoms with Crippen molar-refractivity contribution in [3.63, 3.8) is 0 Å². The maximum Gasteiger partial charge on any atom is 0.415 e. The summed E-state index contributed by atoms with van der Waals surface area (Å²) in [4.78, 5) is 0. The van der Waals surface area contributed by atoms with E-state index in [4.69, 9.17) is 0 Å². The molecule has 104 valence electrons. The van der Waals surface area contributed by atoms with Gasteiger partial charge in [-0.1, -0.05) is 11.8 Å². The van der Waals surface area contributed by atoms with E-state index in [2.05, 4.69) is 17.2 Å². The van der Waals surface area contributed by atoms with Crippen LogP contribution in [0.5, 0.6) is 0 Å². The average molecular weight is 283 g/mol. The third kappa shape index (κ3) is 6.26. The molecule has 0 saturated heterocycles. The Balaban J connectivity index is 2.64. The number of sulfone groups is 1. The lowest BCUT2D eigenvalue weighted by atomic mass is 10.2. The molecule has 1 aliphatic rings. The predicted octanol–water partition coefficient (Wildman–Crippen LogP) is 1.35. The van der Waals surface area contributed by atoms with Gasteiger partial charge in [-0.25, -0.2) is 8.42 Å². The topological polar surface area (TPSA) is 46.2 Å². The van der Waals surface area contributed by atoms with Crippen LogP contribution >= 0.6 is 0 Å². The van der Waals surface area contributed by atoms with Crippen LogP contribution in [0.15, 0.2) is 0 Å². The van der Waals surface area contributed by atoms with Gasteiger partial charge in [-0.05, 0) is 19.8 Å². The molecule has 0 amide bonds. The molecular formula is C11H16F3NO2S. The third-order valence-corrected chi connectivity index (χ3v) is 3.45. The lowest BCUT2D eigenvalue weighted by molar-refractivity contribution is -0.143. The molecule has 1 aliphatic carbocycles. The largest absolute Gasteiger partial charge is 0.415 e. The standard InChI is InChI=1S/C11H16F3NO2S/c1-8(7-18(2,16)17)15-10(11(12,13)14)6-5-9-3-4-9/h8-10,15H,3-4,7H2,1-2H3/t8-,10+/m1/s1. The van der Waals surface area contributed by atoms with Crippen LogP contribution in [-0.4, -0.2) is 38.7 Å². The summed E-state index contributed by atoms with van der Waals surface area (Å²) in [6.07, 6.45) is -1.82. The molecule has 1 fully saturated rings. The molecule has 2 atom stereocenters. The monoisotopic (exact) mass is 283 g/mol. The van der Waals surface area contributed by atoms with Gasteiger partial charge in [-0.3, -0.25) is 5.32 Å². The summed E-state index contributed by atoms with van der Waals surface area (Å²) >= 11 is 0. The van der Waals surface area contributed by atoms with Gasteiger partial charge in [-0.15, -0.1) is 0 Å². The van der Waals surface area contributed by atoms with Crippen LogP contribution < -0.4 is 5.32 Å². The fourth-order valence-corrected chi connectivity index (χ4v) is 2.44. The summed E-state index contributed by atoms with van der Waals surface area (Å²) in [5.41, 5.74) is 0. The van der Waals surface area contributed by atoms with Crippen LogP contribution in [0, 0.1) is 17.8 Å². The number of hydrogen-bond acceptors (Lipinski definition) is 3. The Morgan fingerprint density at radius 2 is 1.94 bits per heavy atom. The second kappa shape index (κ2) is 5.49. The van der Waals surface area contributed by atoms with Crippen molar-refractivity contribution >= 4 is 9.84 Å². The average Bonchev–Trinajstić information content (AvgIpc) is 2.90. The van der Waals surface area contributed by atoms with Gasteiger partial charge in [0.25, 0.3) is 0 Å². The highest BCUT2D eigenvalue weighted by Gasteiger charge is 2.39. The Hall–Kier alpha value is -0.740. The fraction of sp³-hybridized carbons (Fsp3) is 0.818. The summed E-state index contributed by atoms with van der Waals surface area (Å²) in [6.45, 7) is 1.40. The molecule has 0 heterocycles. The van der Waals surface area contributed by atoms with Crippen molar-refractivity contribution in [3.8, 4) is 11.8 Å². The Morgan fingerprint density at radius 1 is 1.39 bits per heavy atom. The highest BCUT2D eigenvalue weighted by atomic mass is 32.2. The van der Waals surface area contributed by atoms with E-state index in [1.54, 1.807) is 0 Å². The van der Waals surface area contributed by atoms with Gasteiger partial charge in [-0.2, -0.15) is 13.2 Å². The zero-order valence-corrected chi connectivity index (χ0v) is 11.0. The van der Waals surface area contributed by atoms with E-state index in [0.29, 0.717) is 0 Å². The molecule has 3 nitrogen and oxygen atoms in total. The minimum Gasteiger partial charge on any atom is -0.293 e. The van der Waals surface area contributed by atoms with E-state index in [1.807, 2.05) is 0 Å². The maximum absolute atomic E-state index is 12.7. The summed E-state index contributed by atoms with van der Waals surface area (Å²) < 4.78 is 60.0. The zero-order valence-electron chi connectivity index (χ0n) is 10.2. The summed E-state index contributed by atoms with van der Waals surface area (Å²) in [7, 11) is -3.31. The van der Waals surface area contributed by atoms with E-state index in [0.717, 1.165) is 19.1 Å². The Bertz CT molecular complexity index is 443. The second-order valence-electron chi connectivity index (χ2n) is 4.70. The molecular weight excluding hydrogens is 267 g/mol. The predicted molar refractivity (Wildman–Crippen MR) is 62.7 cm³/mol. The molecule has 1 N–H and O–H groups in total. The van der Waals surface area contributed by atoms with Gasteiger partial charge in [0, 0.05) is 18.2 Å². The van der Waals surface area contributed by atoms with Crippen LogP contribution in [-0.2, 0) is 9.84 Å². The van der Waals surface area contributed by atoms with Gasteiger partial charge in [0.1, 0.15) is 9.84 Å². The van der Waals surface area contributed by atoms with Crippen LogP contribution in [0.25, 0.3) is 0 Å². The third-order valence-electron chi connectivity index (χ3n) is 2.34. The molecule has 0 aromatic heterocycles. The van der Waals surface area contributed by atoms with Crippen molar-refractivity contribution in [1.29, 1.82) is 0 Å². The quantitative estimate of drug-likeness (QED) is 0.792. The Kier molecular flexibility index (Phi) is 4.67. The molecule has 0 radical (unpaired) electrons. The summed E-state index contributed by atoms with van der Waals surface area (Å²) in [6, 6.07) is -2.75. The van der Waals surface area contributed by atoms with E-state index in [-0.39, 0.29) is 11.7 Å². The zero-order chi connectivity index (χ0) is 14.0. The van der Waals surface area contributed by atoms with Crippen molar-refractivity contribution in [2.24, 2.45) is 5.92 Å². The highest BCUT2D eigenvalue weighted by Crippen LogP contribution is 2.28.